The molecule has 10 heteroatoms. The molecule has 2 heterocycles. The maximum atomic E-state index is 13.3. The van der Waals surface area contributed by atoms with Crippen molar-refractivity contribution < 1.29 is 13.6 Å². The van der Waals surface area contributed by atoms with Crippen LogP contribution in [0.15, 0.2) is 6.07 Å². The zero-order valence-corrected chi connectivity index (χ0v) is 15.0. The number of carbonyl (C=O) groups is 1. The fourth-order valence-electron chi connectivity index (χ4n) is 3.29. The quantitative estimate of drug-likeness (QED) is 0.567. The molecule has 0 radical (unpaired) electrons. The van der Waals surface area contributed by atoms with Gasteiger partial charge in [0.1, 0.15) is 17.7 Å². The number of amides is 1. The van der Waals surface area contributed by atoms with Gasteiger partial charge in [0.05, 0.1) is 0 Å². The first kappa shape index (κ1) is 18.6. The van der Waals surface area contributed by atoms with Crippen LogP contribution < -0.4 is 21.5 Å². The zero-order valence-electron chi connectivity index (χ0n) is 15.0. The number of alkyl halides is 2. The summed E-state index contributed by atoms with van der Waals surface area (Å²) in [5.41, 5.74) is 5.57. The Balaban J connectivity index is 1.71. The van der Waals surface area contributed by atoms with Crippen LogP contribution in [0.5, 0.6) is 0 Å². The molecule has 8 nitrogen and oxygen atoms in total. The molecule has 1 atom stereocenters. The van der Waals surface area contributed by atoms with Crippen molar-refractivity contribution in [2.75, 3.05) is 36.7 Å². The van der Waals surface area contributed by atoms with Crippen molar-refractivity contribution in [1.29, 1.82) is 0 Å². The van der Waals surface area contributed by atoms with Crippen molar-refractivity contribution in [2.24, 2.45) is 0 Å². The monoisotopic (exact) mass is 369 g/mol. The largest absolute Gasteiger partial charge is 0.367 e. The van der Waals surface area contributed by atoms with E-state index in [9.17, 15) is 13.6 Å². The number of aromatic nitrogens is 2. The molecule has 144 valence electrons. The van der Waals surface area contributed by atoms with Crippen LogP contribution in [0.3, 0.4) is 0 Å². The van der Waals surface area contributed by atoms with Gasteiger partial charge in [0.2, 0.25) is 17.8 Å². The Morgan fingerprint density at radius 3 is 2.38 bits per heavy atom. The molecule has 26 heavy (non-hydrogen) atoms. The van der Waals surface area contributed by atoms with Gasteiger partial charge in [0.25, 0.3) is 0 Å². The first-order valence-corrected chi connectivity index (χ1v) is 8.84. The van der Waals surface area contributed by atoms with E-state index in [-0.39, 0.29) is 30.8 Å². The van der Waals surface area contributed by atoms with Gasteiger partial charge in [0.15, 0.2) is 0 Å². The number of nitrogens with one attached hydrogen (secondary N) is 4. The second-order valence-corrected chi connectivity index (χ2v) is 6.86. The number of rotatable bonds is 6. The van der Waals surface area contributed by atoms with Crippen molar-refractivity contribution in [3.05, 3.63) is 6.07 Å². The van der Waals surface area contributed by atoms with E-state index in [1.165, 1.54) is 0 Å². The minimum Gasteiger partial charge on any atom is -0.367 e. The molecule has 0 bridgehead atoms. The van der Waals surface area contributed by atoms with Crippen molar-refractivity contribution in [3.8, 4) is 0 Å². The topological polar surface area (TPSA) is 94.2 Å². The number of hydrogen-bond donors (Lipinski definition) is 4. The highest BCUT2D eigenvalue weighted by Gasteiger charge is 2.35. The Hall–Kier alpha value is -2.23. The van der Waals surface area contributed by atoms with Gasteiger partial charge in [-0.1, -0.05) is 0 Å². The lowest BCUT2D eigenvalue weighted by Crippen LogP contribution is -2.33. The molecule has 0 aromatic carbocycles. The predicted molar refractivity (Wildman–Crippen MR) is 95.2 cm³/mol. The van der Waals surface area contributed by atoms with Crippen LogP contribution in [0.25, 0.3) is 0 Å². The molecule has 1 saturated heterocycles. The van der Waals surface area contributed by atoms with E-state index in [4.69, 9.17) is 0 Å². The fourth-order valence-corrected chi connectivity index (χ4v) is 3.29. The highest BCUT2D eigenvalue weighted by atomic mass is 19.3. The average molecular weight is 369 g/mol. The second kappa shape index (κ2) is 7.56. The zero-order chi connectivity index (χ0) is 18.7. The molecule has 2 aliphatic rings. The van der Waals surface area contributed by atoms with Gasteiger partial charge >= 0.3 is 0 Å². The Morgan fingerprint density at radius 1 is 1.15 bits per heavy atom. The van der Waals surface area contributed by atoms with Crippen LogP contribution in [0.1, 0.15) is 32.1 Å². The van der Waals surface area contributed by atoms with Crippen LogP contribution in [0.2, 0.25) is 0 Å². The summed E-state index contributed by atoms with van der Waals surface area (Å²) >= 11 is 0. The number of halogens is 2. The number of hydrogen-bond acceptors (Lipinski definition) is 7. The molecule has 1 aliphatic carbocycles. The molecule has 4 N–H and O–H groups in total. The molecule has 0 spiro atoms. The lowest BCUT2D eigenvalue weighted by Gasteiger charge is -2.29. The third-order valence-electron chi connectivity index (χ3n) is 4.78. The summed E-state index contributed by atoms with van der Waals surface area (Å²) in [6.45, 7) is 0.699. The van der Waals surface area contributed by atoms with Crippen molar-refractivity contribution >= 4 is 23.5 Å². The standard InChI is InChI=1S/C16H25F2N7O/c1-19-24-15-22-12(20-10-3-6-16(17,18)7-4-10)9-13(23-15)21-11-5-8-25(2)14(11)26/h9-11,19H,3-8H2,1-2H3,(H3,20,21,22,23,24). The molecule has 1 aromatic heterocycles. The summed E-state index contributed by atoms with van der Waals surface area (Å²) in [6, 6.07) is 1.33. The summed E-state index contributed by atoms with van der Waals surface area (Å²) in [7, 11) is 3.46. The number of nitrogens with zero attached hydrogens (tertiary/aromatic N) is 3. The van der Waals surface area contributed by atoms with Crippen LogP contribution in [-0.2, 0) is 4.79 Å². The maximum Gasteiger partial charge on any atom is 0.248 e. The van der Waals surface area contributed by atoms with Crippen molar-refractivity contribution in [3.63, 3.8) is 0 Å². The van der Waals surface area contributed by atoms with E-state index >= 15 is 0 Å². The number of likely N-dealkylation sites (N-methyl/N-ethyl adjacent to an activating group) is 1. The lowest BCUT2D eigenvalue weighted by atomic mass is 9.92. The molecule has 2 fully saturated rings. The number of likely N-dealkylation sites (tertiary alicyclic amines) is 1. The molecule has 3 rings (SSSR count). The van der Waals surface area contributed by atoms with E-state index < -0.39 is 5.92 Å². The third-order valence-corrected chi connectivity index (χ3v) is 4.78. The summed E-state index contributed by atoms with van der Waals surface area (Å²) in [4.78, 5) is 22.4. The number of anilines is 3. The van der Waals surface area contributed by atoms with Crippen molar-refractivity contribution in [1.82, 2.24) is 20.3 Å². The van der Waals surface area contributed by atoms with Gasteiger partial charge in [-0.05, 0) is 19.3 Å². The van der Waals surface area contributed by atoms with Gasteiger partial charge < -0.3 is 15.5 Å². The van der Waals surface area contributed by atoms with Crippen LogP contribution in [-0.4, -0.2) is 59.4 Å². The molecule has 1 unspecified atom stereocenters. The Kier molecular flexibility index (Phi) is 5.40. The third kappa shape index (κ3) is 4.48. The molecule has 1 aliphatic heterocycles. The fraction of sp³-hybridized carbons (Fsp3) is 0.688. The summed E-state index contributed by atoms with van der Waals surface area (Å²) in [6.07, 6.45) is 1.24. The smallest absolute Gasteiger partial charge is 0.248 e. The first-order chi connectivity index (χ1) is 12.4. The normalized spacial score (nSPS) is 23.2. The Bertz CT molecular complexity index is 647. The van der Waals surface area contributed by atoms with E-state index in [0.717, 1.165) is 0 Å². The number of carbonyl (C=O) groups excluding carboxylic acids is 1. The van der Waals surface area contributed by atoms with Gasteiger partial charge in [-0.25, -0.2) is 14.2 Å². The van der Waals surface area contributed by atoms with Gasteiger partial charge in [-0.3, -0.25) is 10.2 Å². The van der Waals surface area contributed by atoms with Crippen molar-refractivity contribution in [2.45, 2.75) is 50.1 Å². The predicted octanol–water partition coefficient (Wildman–Crippen LogP) is 1.66. The molecular weight excluding hydrogens is 344 g/mol. The minimum atomic E-state index is -2.57. The Morgan fingerprint density at radius 2 is 1.81 bits per heavy atom. The molecule has 1 aromatic rings. The van der Waals surface area contributed by atoms with Gasteiger partial charge in [0, 0.05) is 45.6 Å². The van der Waals surface area contributed by atoms with Crippen LogP contribution >= 0.6 is 0 Å². The highest BCUT2D eigenvalue weighted by Crippen LogP contribution is 2.34. The summed E-state index contributed by atoms with van der Waals surface area (Å²) in [5.74, 6) is -1.16. The minimum absolute atomic E-state index is 0.0239. The average Bonchev–Trinajstić information content (AvgIpc) is 2.89. The highest BCUT2D eigenvalue weighted by molar-refractivity contribution is 5.86. The lowest BCUT2D eigenvalue weighted by molar-refractivity contribution is -0.127. The van der Waals surface area contributed by atoms with Gasteiger partial charge in [-0.2, -0.15) is 9.97 Å². The summed E-state index contributed by atoms with van der Waals surface area (Å²) < 4.78 is 26.6. The van der Waals surface area contributed by atoms with E-state index in [1.807, 2.05) is 0 Å². The van der Waals surface area contributed by atoms with E-state index in [0.29, 0.717) is 43.4 Å². The molecule has 1 saturated carbocycles. The SMILES string of the molecule is CNNc1nc(NC2CCC(F)(F)CC2)cc(NC2CCN(C)C2=O)n1. The first-order valence-electron chi connectivity index (χ1n) is 8.84. The van der Waals surface area contributed by atoms with Crippen LogP contribution in [0.4, 0.5) is 26.4 Å². The van der Waals surface area contributed by atoms with E-state index in [1.54, 1.807) is 25.1 Å². The second-order valence-electron chi connectivity index (χ2n) is 6.86. The summed E-state index contributed by atoms with van der Waals surface area (Å²) in [5, 5.41) is 6.36. The van der Waals surface area contributed by atoms with E-state index in [2.05, 4.69) is 31.5 Å². The maximum absolute atomic E-state index is 13.3. The Labute approximate surface area is 151 Å². The van der Waals surface area contributed by atoms with Crippen LogP contribution in [0, 0.1) is 0 Å². The molecule has 1 amide bonds. The molecular formula is C16H25F2N7O. The number of hydrazine groups is 1. The van der Waals surface area contributed by atoms with Gasteiger partial charge in [-0.15, -0.1) is 0 Å².